The first-order valence-corrected chi connectivity index (χ1v) is 28.5. The topological polar surface area (TPSA) is 326 Å². The standard InChI is InChI=1S/C50H81N3O18P2/c1-3-5-7-8-9-10-11-12-13-14-15-16-17-18-23-27-45(57)66-34-38-35-67-72(62,63)71-73(64,65)68-36-43-48(60)47(59)39(30-29-37(54)25-21-6-4-2)41(55)33-42(56)40(26-22-19-20-24-28-46(58)69-38)49(70-43)53-32-31-44(51)52-50(53)61/h5,7,9-10,12-13,19,22,29-32,37-43,47-49,54-56,59-60H,3-4,6,8,11,14-18,20-21,23-28,33-36H2,1-2H3,(H,62,63)(H,64,65)(H2,51,52,61)/b7-5-,10-9-,13-12-,22-19?,30-29-/t37-,38+,39-,40-,41+,42-,43+,47-,48+,49+/m0/s1. The van der Waals surface area contributed by atoms with Crippen molar-refractivity contribution >= 4 is 33.4 Å². The van der Waals surface area contributed by atoms with Crippen LogP contribution < -0.4 is 11.4 Å². The van der Waals surface area contributed by atoms with Crippen molar-refractivity contribution in [2.24, 2.45) is 11.8 Å². The van der Waals surface area contributed by atoms with Gasteiger partial charge in [0.15, 0.2) is 6.10 Å². The number of aliphatic hydroxyl groups excluding tert-OH is 5. The first-order valence-electron chi connectivity index (χ1n) is 25.6. The lowest BCUT2D eigenvalue weighted by Crippen LogP contribution is -2.52. The maximum Gasteiger partial charge on any atom is 0.481 e. The van der Waals surface area contributed by atoms with E-state index in [0.29, 0.717) is 19.3 Å². The van der Waals surface area contributed by atoms with E-state index in [4.69, 9.17) is 29.0 Å². The molecular weight excluding hydrogens is 993 g/mol. The molecule has 0 aromatic carbocycles. The maximum absolute atomic E-state index is 13.3. The zero-order valence-electron chi connectivity index (χ0n) is 42.2. The summed E-state index contributed by atoms with van der Waals surface area (Å²) < 4.78 is 58.9. The molecule has 73 heavy (non-hydrogen) atoms. The van der Waals surface area contributed by atoms with E-state index in [0.717, 1.165) is 68.8 Å². The lowest BCUT2D eigenvalue weighted by molar-refractivity contribution is -0.194. The predicted molar refractivity (Wildman–Crippen MR) is 272 cm³/mol. The molecule has 1 aromatic heterocycles. The van der Waals surface area contributed by atoms with Gasteiger partial charge >= 0.3 is 33.3 Å². The molecule has 23 heteroatoms. The van der Waals surface area contributed by atoms with Gasteiger partial charge in [-0.15, -0.1) is 0 Å². The number of unbranched alkanes of at least 4 members (excludes halogenated alkanes) is 7. The Bertz CT molecular complexity index is 2080. The third-order valence-electron chi connectivity index (χ3n) is 12.1. The van der Waals surface area contributed by atoms with Gasteiger partial charge in [0, 0.05) is 37.3 Å². The van der Waals surface area contributed by atoms with Crippen LogP contribution in [0, 0.1) is 11.8 Å². The molecule has 1 aromatic rings. The van der Waals surface area contributed by atoms with Crippen LogP contribution in [-0.2, 0) is 46.3 Å². The molecule has 12 atom stereocenters. The van der Waals surface area contributed by atoms with Gasteiger partial charge in [-0.3, -0.25) is 23.2 Å². The van der Waals surface area contributed by atoms with E-state index < -0.39 is 120 Å². The number of nitrogen functional groups attached to an aromatic ring is 1. The van der Waals surface area contributed by atoms with E-state index in [-0.39, 0.29) is 37.9 Å². The quantitative estimate of drug-likeness (QED) is 0.0259. The van der Waals surface area contributed by atoms with Crippen LogP contribution in [0.2, 0.25) is 0 Å². The average Bonchev–Trinajstić information content (AvgIpc) is 3.33. The molecule has 0 spiro atoms. The first kappa shape index (κ1) is 63.6. The van der Waals surface area contributed by atoms with Crippen LogP contribution in [0.15, 0.2) is 77.8 Å². The molecule has 1 saturated heterocycles. The summed E-state index contributed by atoms with van der Waals surface area (Å²) in [4.78, 5) is 64.1. The van der Waals surface area contributed by atoms with Crippen LogP contribution >= 0.6 is 15.6 Å². The number of anilines is 1. The number of hydrogen-bond acceptors (Lipinski definition) is 18. The number of carbonyl (C=O) groups is 2. The Morgan fingerprint density at radius 2 is 1.58 bits per heavy atom. The smallest absolute Gasteiger partial charge is 0.462 e. The van der Waals surface area contributed by atoms with Gasteiger partial charge in [-0.2, -0.15) is 9.29 Å². The van der Waals surface area contributed by atoms with Crippen LogP contribution in [-0.4, -0.2) is 119 Å². The van der Waals surface area contributed by atoms with Gasteiger partial charge in [-0.25, -0.2) is 13.9 Å². The molecule has 3 rings (SSSR count). The number of ether oxygens (including phenoxy) is 3. The Labute approximate surface area is 429 Å². The van der Waals surface area contributed by atoms with E-state index in [1.54, 1.807) is 12.2 Å². The van der Waals surface area contributed by atoms with Crippen molar-refractivity contribution in [1.29, 1.82) is 0 Å². The zero-order chi connectivity index (χ0) is 53.7. The molecule has 2 unspecified atom stereocenters. The molecule has 0 amide bonds. The minimum absolute atomic E-state index is 0.0586. The first-order chi connectivity index (χ1) is 34.9. The van der Waals surface area contributed by atoms with Gasteiger partial charge in [-0.05, 0) is 70.3 Å². The number of allylic oxidation sites excluding steroid dienone is 8. The van der Waals surface area contributed by atoms with Gasteiger partial charge in [0.05, 0.1) is 37.6 Å². The van der Waals surface area contributed by atoms with Crippen molar-refractivity contribution in [1.82, 2.24) is 9.55 Å². The van der Waals surface area contributed by atoms with Crippen LogP contribution in [0.25, 0.3) is 0 Å². The van der Waals surface area contributed by atoms with Crippen molar-refractivity contribution in [3.05, 3.63) is 83.5 Å². The second-order valence-electron chi connectivity index (χ2n) is 18.3. The van der Waals surface area contributed by atoms with Gasteiger partial charge < -0.3 is 55.3 Å². The fourth-order valence-corrected chi connectivity index (χ4v) is 10.2. The van der Waals surface area contributed by atoms with E-state index in [1.807, 2.05) is 6.92 Å². The summed E-state index contributed by atoms with van der Waals surface area (Å²) in [7, 11) is -11.3. The largest absolute Gasteiger partial charge is 0.481 e. The summed E-state index contributed by atoms with van der Waals surface area (Å²) in [6.45, 7) is 1.36. The second-order valence-corrected chi connectivity index (χ2v) is 21.3. The van der Waals surface area contributed by atoms with E-state index in [2.05, 4.69) is 52.7 Å². The number of aromatic nitrogens is 2. The number of cyclic esters (lactones) is 1. The summed E-state index contributed by atoms with van der Waals surface area (Å²) in [5.74, 6) is -4.17. The molecule has 1 fully saturated rings. The highest BCUT2D eigenvalue weighted by Crippen LogP contribution is 2.60. The van der Waals surface area contributed by atoms with E-state index in [1.165, 1.54) is 24.4 Å². The van der Waals surface area contributed by atoms with Crippen molar-refractivity contribution < 1.29 is 81.6 Å². The van der Waals surface area contributed by atoms with Crippen molar-refractivity contribution in [2.75, 3.05) is 25.6 Å². The van der Waals surface area contributed by atoms with E-state index >= 15 is 0 Å². The number of carbonyl (C=O) groups excluding carboxylic acids is 2. The fourth-order valence-electron chi connectivity index (χ4n) is 8.07. The lowest BCUT2D eigenvalue weighted by Gasteiger charge is -2.40. The molecule has 3 heterocycles. The van der Waals surface area contributed by atoms with Crippen LogP contribution in [0.5, 0.6) is 0 Å². The number of fused-ring (bicyclic) bond motifs is 3. The number of phosphoric acid groups is 2. The number of phosphoric ester groups is 2. The van der Waals surface area contributed by atoms with Crippen LogP contribution in [0.1, 0.15) is 142 Å². The molecule has 0 radical (unpaired) electrons. The third-order valence-corrected chi connectivity index (χ3v) is 14.7. The maximum atomic E-state index is 13.3. The second kappa shape index (κ2) is 34.8. The molecule has 0 aliphatic carbocycles. The summed E-state index contributed by atoms with van der Waals surface area (Å²) in [5, 5.41) is 57.4. The molecule has 9 N–H and O–H groups in total. The molecule has 414 valence electrons. The number of esters is 2. The Morgan fingerprint density at radius 3 is 2.29 bits per heavy atom. The Morgan fingerprint density at radius 1 is 0.890 bits per heavy atom. The molecule has 2 bridgehead atoms. The van der Waals surface area contributed by atoms with Crippen LogP contribution in [0.4, 0.5) is 5.82 Å². The highest BCUT2D eigenvalue weighted by Gasteiger charge is 2.45. The number of hydrogen-bond donors (Lipinski definition) is 8. The third kappa shape index (κ3) is 25.6. The Balaban J connectivity index is 1.79. The van der Waals surface area contributed by atoms with Crippen molar-refractivity contribution in [3.63, 3.8) is 0 Å². The molecule has 2 aliphatic rings. The molecule has 0 saturated carbocycles. The van der Waals surface area contributed by atoms with Gasteiger partial charge in [0.1, 0.15) is 30.9 Å². The van der Waals surface area contributed by atoms with Gasteiger partial charge in [-0.1, -0.05) is 113 Å². The highest BCUT2D eigenvalue weighted by atomic mass is 31.3. The Kier molecular flexibility index (Phi) is 30.4. The molecule has 2 aliphatic heterocycles. The van der Waals surface area contributed by atoms with Gasteiger partial charge in [0.25, 0.3) is 0 Å². The fraction of sp³-hybridized carbons (Fsp3) is 0.680. The normalized spacial score (nSPS) is 30.3. The summed E-state index contributed by atoms with van der Waals surface area (Å²) in [6.07, 6.45) is 17.3. The van der Waals surface area contributed by atoms with Gasteiger partial charge in [0.2, 0.25) is 0 Å². The summed E-state index contributed by atoms with van der Waals surface area (Å²) in [6, 6.07) is 1.24. The zero-order valence-corrected chi connectivity index (χ0v) is 44.0. The highest BCUT2D eigenvalue weighted by molar-refractivity contribution is 7.61. The summed E-state index contributed by atoms with van der Waals surface area (Å²) >= 11 is 0. The van der Waals surface area contributed by atoms with E-state index in [9.17, 15) is 58.8 Å². The van der Waals surface area contributed by atoms with Crippen LogP contribution in [0.3, 0.4) is 0 Å². The number of nitrogens with zero attached hydrogens (tertiary/aromatic N) is 2. The predicted octanol–water partition coefficient (Wildman–Crippen LogP) is 6.71. The number of aliphatic hydroxyl groups is 5. The lowest BCUT2D eigenvalue weighted by atomic mass is 9.82. The van der Waals surface area contributed by atoms with Crippen molar-refractivity contribution in [2.45, 2.75) is 185 Å². The monoisotopic (exact) mass is 1070 g/mol. The number of nitrogens with two attached hydrogens (primary N) is 1. The SMILES string of the molecule is CC/C=C\C/C=C\C/C=C\CCCCCCCC(=O)OC[C@@H]1COP(=O)(O)OP(=O)(O)OC[C@H]2O[C@@H](n3ccc(N)nc3=O)[C@@H](CC=CCCCC(=O)O1)[C@@H](O)C[C@@H](O)[C@H](/C=C\[C@@H](O)CCCCC)[C@H](O)[C@@H]2O. The number of rotatable bonds is 22. The minimum Gasteiger partial charge on any atom is -0.462 e. The average molecular weight is 1070 g/mol. The molecular formula is C50H81N3O18P2. The summed E-state index contributed by atoms with van der Waals surface area (Å²) in [5.41, 5.74) is 4.77. The van der Waals surface area contributed by atoms with Crippen molar-refractivity contribution in [3.8, 4) is 0 Å². The minimum atomic E-state index is -5.71. The molecule has 21 nitrogen and oxygen atoms in total. The Hall–Kier alpha value is -3.66.